The Bertz CT molecular complexity index is 1880. The minimum Gasteiger partial charge on any atom is -0.462 e. The highest BCUT2D eigenvalue weighted by molar-refractivity contribution is 7.47. The van der Waals surface area contributed by atoms with Gasteiger partial charge in [0.1, 0.15) is 19.3 Å². The number of hydrogen-bond acceptors (Lipinski definition) is 15. The lowest BCUT2D eigenvalue weighted by Crippen LogP contribution is -2.30. The Morgan fingerprint density at radius 1 is 0.341 bits per heavy atom. The summed E-state index contributed by atoms with van der Waals surface area (Å²) in [4.78, 5) is 72.5. The van der Waals surface area contributed by atoms with E-state index in [9.17, 15) is 43.2 Å². The lowest BCUT2D eigenvalue weighted by atomic mass is 10.0. The van der Waals surface area contributed by atoms with E-state index in [2.05, 4.69) is 72.8 Å². The molecule has 0 spiro atoms. The molecule has 0 aliphatic heterocycles. The SMILES string of the molecule is CCCCCC/C=C\C=C/CCCCCCCC(=O)O[C@H](COC(=O)CCCCCCCCCC(C)C)COP(=O)(O)OCC(O)COP(=O)(O)OC[C@@H](COC(=O)CCCCCCCCCCCCCCCCC(C)C)OC(=O)CCCCCCCCC(C)C. The first-order chi connectivity index (χ1) is 43.7. The topological polar surface area (TPSA) is 237 Å². The van der Waals surface area contributed by atoms with Crippen molar-refractivity contribution >= 4 is 39.5 Å². The number of phosphoric acid groups is 2. The molecule has 0 fully saturated rings. The highest BCUT2D eigenvalue weighted by Crippen LogP contribution is 2.45. The van der Waals surface area contributed by atoms with Crippen molar-refractivity contribution in [1.29, 1.82) is 0 Å². The van der Waals surface area contributed by atoms with Crippen molar-refractivity contribution in [1.82, 2.24) is 0 Å². The molecule has 0 saturated heterocycles. The first kappa shape index (κ1) is 88.5. The lowest BCUT2D eigenvalue weighted by molar-refractivity contribution is -0.161. The second-order valence-corrected chi connectivity index (χ2v) is 29.6. The summed E-state index contributed by atoms with van der Waals surface area (Å²) < 4.78 is 68.2. The quantitative estimate of drug-likeness (QED) is 0.0169. The van der Waals surface area contributed by atoms with E-state index < -0.39 is 97.5 Å². The maximum atomic E-state index is 13.0. The predicted molar refractivity (Wildman–Crippen MR) is 367 cm³/mol. The van der Waals surface area contributed by atoms with Crippen LogP contribution in [0.25, 0.3) is 0 Å². The number of phosphoric ester groups is 2. The summed E-state index contributed by atoms with van der Waals surface area (Å²) in [7, 11) is -9.91. The number of esters is 4. The third kappa shape index (κ3) is 66.0. The zero-order valence-corrected chi connectivity index (χ0v) is 60.6. The van der Waals surface area contributed by atoms with Crippen molar-refractivity contribution in [2.24, 2.45) is 17.8 Å². The molecule has 0 rings (SSSR count). The number of aliphatic hydroxyl groups is 1. The summed E-state index contributed by atoms with van der Waals surface area (Å²) in [6.45, 7) is 11.7. The molecule has 0 bridgehead atoms. The second-order valence-electron chi connectivity index (χ2n) is 26.7. The fraction of sp³-hybridized carbons (Fsp3) is 0.889. The molecular formula is C72H136O17P2. The van der Waals surface area contributed by atoms with Crippen LogP contribution in [-0.2, 0) is 65.4 Å². The van der Waals surface area contributed by atoms with E-state index in [0.29, 0.717) is 37.5 Å². The Morgan fingerprint density at radius 3 is 0.890 bits per heavy atom. The van der Waals surface area contributed by atoms with E-state index in [1.165, 1.54) is 128 Å². The van der Waals surface area contributed by atoms with E-state index in [0.717, 1.165) is 115 Å². The van der Waals surface area contributed by atoms with Crippen LogP contribution in [0.4, 0.5) is 0 Å². The van der Waals surface area contributed by atoms with Gasteiger partial charge in [-0.2, -0.15) is 0 Å². The van der Waals surface area contributed by atoms with Crippen LogP contribution in [0.5, 0.6) is 0 Å². The first-order valence-corrected chi connectivity index (χ1v) is 39.7. The van der Waals surface area contributed by atoms with Crippen molar-refractivity contribution in [2.45, 2.75) is 356 Å². The van der Waals surface area contributed by atoms with Crippen molar-refractivity contribution in [3.63, 3.8) is 0 Å². The Morgan fingerprint density at radius 2 is 0.593 bits per heavy atom. The van der Waals surface area contributed by atoms with Gasteiger partial charge in [0.25, 0.3) is 0 Å². The smallest absolute Gasteiger partial charge is 0.462 e. The van der Waals surface area contributed by atoms with Crippen LogP contribution in [0, 0.1) is 17.8 Å². The summed E-state index contributed by atoms with van der Waals surface area (Å²) in [5.74, 6) is 0.00718. The first-order valence-electron chi connectivity index (χ1n) is 36.7. The highest BCUT2D eigenvalue weighted by atomic mass is 31.2. The Kier molecular flexibility index (Phi) is 60.7. The largest absolute Gasteiger partial charge is 0.472 e. The highest BCUT2D eigenvalue weighted by Gasteiger charge is 2.30. The fourth-order valence-electron chi connectivity index (χ4n) is 10.4. The van der Waals surface area contributed by atoms with E-state index in [1.54, 1.807) is 0 Å². The minimum atomic E-state index is -4.96. The summed E-state index contributed by atoms with van der Waals surface area (Å²) in [5.41, 5.74) is 0. The van der Waals surface area contributed by atoms with E-state index in [4.69, 9.17) is 37.0 Å². The van der Waals surface area contributed by atoms with Crippen LogP contribution >= 0.6 is 15.6 Å². The number of rotatable bonds is 68. The third-order valence-electron chi connectivity index (χ3n) is 16.0. The maximum Gasteiger partial charge on any atom is 0.472 e. The van der Waals surface area contributed by atoms with Crippen molar-refractivity contribution in [3.05, 3.63) is 24.3 Å². The molecule has 0 aromatic carbocycles. The Hall–Kier alpha value is -2.46. The molecule has 0 aliphatic carbocycles. The van der Waals surface area contributed by atoms with Gasteiger partial charge < -0.3 is 33.8 Å². The van der Waals surface area contributed by atoms with Crippen LogP contribution in [0.3, 0.4) is 0 Å². The van der Waals surface area contributed by atoms with Gasteiger partial charge in [-0.15, -0.1) is 0 Å². The van der Waals surface area contributed by atoms with Crippen LogP contribution in [0.2, 0.25) is 0 Å². The average molecular weight is 1340 g/mol. The van der Waals surface area contributed by atoms with Gasteiger partial charge in [-0.3, -0.25) is 37.3 Å². The van der Waals surface area contributed by atoms with Crippen LogP contribution in [-0.4, -0.2) is 96.7 Å². The van der Waals surface area contributed by atoms with Crippen molar-refractivity contribution in [3.8, 4) is 0 Å². The van der Waals surface area contributed by atoms with Gasteiger partial charge in [0.05, 0.1) is 26.4 Å². The number of allylic oxidation sites excluding steroid dienone is 4. The fourth-order valence-corrected chi connectivity index (χ4v) is 11.9. The van der Waals surface area contributed by atoms with Crippen molar-refractivity contribution < 1.29 is 80.2 Å². The maximum absolute atomic E-state index is 13.0. The molecular weight excluding hydrogens is 1200 g/mol. The third-order valence-corrected chi connectivity index (χ3v) is 17.9. The molecule has 0 saturated carbocycles. The molecule has 3 unspecified atom stereocenters. The molecule has 0 aromatic rings. The van der Waals surface area contributed by atoms with Gasteiger partial charge in [0.15, 0.2) is 12.2 Å². The second kappa shape index (κ2) is 62.4. The van der Waals surface area contributed by atoms with Gasteiger partial charge in [-0.1, -0.05) is 285 Å². The zero-order valence-electron chi connectivity index (χ0n) is 58.8. The predicted octanol–water partition coefficient (Wildman–Crippen LogP) is 20.2. The van der Waals surface area contributed by atoms with E-state index in [1.807, 2.05) is 0 Å². The molecule has 0 heterocycles. The number of carbonyl (C=O) groups excluding carboxylic acids is 4. The van der Waals surface area contributed by atoms with Gasteiger partial charge in [-0.05, 0) is 69.1 Å². The molecule has 0 aliphatic rings. The number of aliphatic hydroxyl groups excluding tert-OH is 1. The molecule has 91 heavy (non-hydrogen) atoms. The molecule has 17 nitrogen and oxygen atoms in total. The summed E-state index contributed by atoms with van der Waals surface area (Å²) in [6.07, 6.45) is 49.7. The van der Waals surface area contributed by atoms with Crippen LogP contribution < -0.4 is 0 Å². The standard InChI is InChI=1S/C72H136O17P2/c1-8-9-10-11-12-13-14-15-16-21-24-27-32-41-48-55-71(76)88-67(59-83-70(75)54-47-40-33-28-30-37-44-51-64(4)5)61-86-90(78,79)84-57-66(73)58-85-91(80,81)87-62-68(89-72(77)56-49-42-35-34-38-45-52-65(6)7)60-82-69(74)53-46-39-31-26-23-20-18-17-19-22-25-29-36-43-50-63(2)3/h13-16,63-68,73H,8-12,17-62H2,1-7H3,(H,78,79)(H,80,81)/b14-13-,16-15-/t66?,67-,68-/m1/s1. The average Bonchev–Trinajstić information content (AvgIpc) is 3.60. The number of ether oxygens (including phenoxy) is 4. The van der Waals surface area contributed by atoms with E-state index in [-0.39, 0.29) is 25.7 Å². The number of hydrogen-bond donors (Lipinski definition) is 3. The molecule has 3 N–H and O–H groups in total. The summed E-state index contributed by atoms with van der Waals surface area (Å²) in [5, 5.41) is 10.6. The van der Waals surface area contributed by atoms with Gasteiger partial charge >= 0.3 is 39.5 Å². The van der Waals surface area contributed by atoms with Crippen LogP contribution in [0.15, 0.2) is 24.3 Å². The van der Waals surface area contributed by atoms with E-state index >= 15 is 0 Å². The molecule has 0 radical (unpaired) electrons. The zero-order chi connectivity index (χ0) is 67.3. The number of carbonyl (C=O) groups is 4. The molecule has 0 aromatic heterocycles. The lowest BCUT2D eigenvalue weighted by Gasteiger charge is -2.21. The molecule has 19 heteroatoms. The number of unbranched alkanes of at least 4 members (excludes halogenated alkanes) is 33. The molecule has 0 amide bonds. The molecule has 5 atom stereocenters. The van der Waals surface area contributed by atoms with Crippen LogP contribution in [0.1, 0.15) is 337 Å². The van der Waals surface area contributed by atoms with Gasteiger partial charge in [-0.25, -0.2) is 9.13 Å². The Labute approximate surface area is 554 Å². The monoisotopic (exact) mass is 1330 g/mol. The summed E-state index contributed by atoms with van der Waals surface area (Å²) >= 11 is 0. The van der Waals surface area contributed by atoms with Gasteiger partial charge in [0.2, 0.25) is 0 Å². The normalized spacial score (nSPS) is 14.3. The molecule has 536 valence electrons. The van der Waals surface area contributed by atoms with Crippen molar-refractivity contribution in [2.75, 3.05) is 39.6 Å². The minimum absolute atomic E-state index is 0.0837. The van der Waals surface area contributed by atoms with Gasteiger partial charge in [0, 0.05) is 25.7 Å². The Balaban J connectivity index is 5.22. The summed E-state index contributed by atoms with van der Waals surface area (Å²) in [6, 6.07) is 0.